The Balaban J connectivity index is 2.37. The summed E-state index contributed by atoms with van der Waals surface area (Å²) in [4.78, 5) is 11.8. The highest BCUT2D eigenvalue weighted by Crippen LogP contribution is 2.44. The summed E-state index contributed by atoms with van der Waals surface area (Å²) in [7, 11) is 0. The zero-order valence-electron chi connectivity index (χ0n) is 12.0. The fraction of sp³-hybridized carbons (Fsp3) is 0.562. The SMILES string of the molecule is CCC1CCCC(Cc2c(F)ccc(Br)c2F)(C(=O)O)C1. The van der Waals surface area contributed by atoms with Crippen LogP contribution in [0.1, 0.15) is 44.6 Å². The van der Waals surface area contributed by atoms with Crippen molar-refractivity contribution in [3.05, 3.63) is 33.8 Å². The lowest BCUT2D eigenvalue weighted by atomic mass is 9.66. The zero-order valence-corrected chi connectivity index (χ0v) is 13.6. The third-order valence-corrected chi connectivity index (χ3v) is 5.24. The van der Waals surface area contributed by atoms with Crippen molar-refractivity contribution in [2.75, 3.05) is 0 Å². The second kappa shape index (κ2) is 6.42. The molecule has 2 atom stereocenters. The van der Waals surface area contributed by atoms with Crippen LogP contribution in [0.3, 0.4) is 0 Å². The summed E-state index contributed by atoms with van der Waals surface area (Å²) in [5.74, 6) is -1.99. The molecule has 0 saturated heterocycles. The zero-order chi connectivity index (χ0) is 15.6. The van der Waals surface area contributed by atoms with Gasteiger partial charge in [0.15, 0.2) is 0 Å². The Morgan fingerprint density at radius 1 is 1.48 bits per heavy atom. The standard InChI is InChI=1S/C16H19BrF2O2/c1-2-10-4-3-7-16(8-10,15(20)21)9-11-13(18)6-5-12(17)14(11)19/h5-6,10H,2-4,7-9H2,1H3,(H,20,21). The van der Waals surface area contributed by atoms with Crippen molar-refractivity contribution in [1.29, 1.82) is 0 Å². The lowest BCUT2D eigenvalue weighted by molar-refractivity contribution is -0.152. The molecule has 1 saturated carbocycles. The number of rotatable bonds is 4. The normalized spacial score (nSPS) is 25.8. The first-order valence-corrected chi connectivity index (χ1v) is 8.04. The molecular formula is C16H19BrF2O2. The minimum Gasteiger partial charge on any atom is -0.481 e. The molecule has 5 heteroatoms. The number of carbonyl (C=O) groups is 1. The molecule has 0 spiro atoms. The molecule has 2 rings (SSSR count). The van der Waals surface area contributed by atoms with Crippen LogP contribution in [0.15, 0.2) is 16.6 Å². The predicted molar refractivity (Wildman–Crippen MR) is 80.1 cm³/mol. The van der Waals surface area contributed by atoms with Crippen LogP contribution in [0.2, 0.25) is 0 Å². The van der Waals surface area contributed by atoms with Crippen molar-refractivity contribution in [2.45, 2.75) is 45.4 Å². The van der Waals surface area contributed by atoms with E-state index in [1.807, 2.05) is 6.92 Å². The van der Waals surface area contributed by atoms with Gasteiger partial charge in [0.2, 0.25) is 0 Å². The molecule has 0 bridgehead atoms. The van der Waals surface area contributed by atoms with Gasteiger partial charge in [0.05, 0.1) is 9.89 Å². The molecule has 0 heterocycles. The number of hydrogen-bond donors (Lipinski definition) is 1. The van der Waals surface area contributed by atoms with E-state index in [1.54, 1.807) is 0 Å². The van der Waals surface area contributed by atoms with Gasteiger partial charge in [0.1, 0.15) is 11.6 Å². The molecular weight excluding hydrogens is 342 g/mol. The summed E-state index contributed by atoms with van der Waals surface area (Å²) in [5.41, 5.74) is -1.18. The monoisotopic (exact) mass is 360 g/mol. The Kier molecular flexibility index (Phi) is 5.02. The number of carboxylic acid groups (broad SMARTS) is 1. The van der Waals surface area contributed by atoms with E-state index >= 15 is 0 Å². The van der Waals surface area contributed by atoms with Gasteiger partial charge >= 0.3 is 5.97 Å². The lowest BCUT2D eigenvalue weighted by Gasteiger charge is -2.37. The Morgan fingerprint density at radius 3 is 2.81 bits per heavy atom. The molecule has 1 aromatic carbocycles. The molecule has 0 amide bonds. The van der Waals surface area contributed by atoms with Crippen LogP contribution in [0, 0.1) is 23.0 Å². The highest BCUT2D eigenvalue weighted by atomic mass is 79.9. The largest absolute Gasteiger partial charge is 0.481 e. The minimum atomic E-state index is -1.05. The third-order valence-electron chi connectivity index (χ3n) is 4.63. The van der Waals surface area contributed by atoms with E-state index in [2.05, 4.69) is 15.9 Å². The maximum Gasteiger partial charge on any atom is 0.309 e. The van der Waals surface area contributed by atoms with Gasteiger partial charge in [0, 0.05) is 5.56 Å². The fourth-order valence-electron chi connectivity index (χ4n) is 3.33. The molecule has 1 N–H and O–H groups in total. The molecule has 1 aliphatic carbocycles. The predicted octanol–water partition coefficient (Wildman–Crippen LogP) is 4.94. The summed E-state index contributed by atoms with van der Waals surface area (Å²) in [6, 6.07) is 2.48. The second-order valence-corrected chi connectivity index (χ2v) is 6.81. The number of hydrogen-bond acceptors (Lipinski definition) is 1. The maximum atomic E-state index is 14.2. The van der Waals surface area contributed by atoms with Crippen molar-refractivity contribution >= 4 is 21.9 Å². The molecule has 0 aliphatic heterocycles. The topological polar surface area (TPSA) is 37.3 Å². The van der Waals surface area contributed by atoms with Crippen LogP contribution in [-0.4, -0.2) is 11.1 Å². The van der Waals surface area contributed by atoms with Crippen molar-refractivity contribution in [3.8, 4) is 0 Å². The van der Waals surface area contributed by atoms with Gasteiger partial charge < -0.3 is 5.11 Å². The average molecular weight is 361 g/mol. The van der Waals surface area contributed by atoms with Gasteiger partial charge in [-0.25, -0.2) is 8.78 Å². The highest BCUT2D eigenvalue weighted by Gasteiger charge is 2.43. The Hall–Kier alpha value is -0.970. The molecule has 1 fully saturated rings. The van der Waals surface area contributed by atoms with Gasteiger partial charge in [-0.15, -0.1) is 0 Å². The van der Waals surface area contributed by atoms with Crippen LogP contribution in [0.5, 0.6) is 0 Å². The fourth-order valence-corrected chi connectivity index (χ4v) is 3.71. The highest BCUT2D eigenvalue weighted by molar-refractivity contribution is 9.10. The lowest BCUT2D eigenvalue weighted by Crippen LogP contribution is -2.39. The molecule has 116 valence electrons. The Bertz CT molecular complexity index is 547. The average Bonchev–Trinajstić information content (AvgIpc) is 2.47. The van der Waals surface area contributed by atoms with Crippen LogP contribution >= 0.6 is 15.9 Å². The Morgan fingerprint density at radius 2 is 2.19 bits per heavy atom. The minimum absolute atomic E-state index is 0.0874. The van der Waals surface area contributed by atoms with Gasteiger partial charge in [-0.3, -0.25) is 4.79 Å². The van der Waals surface area contributed by atoms with Gasteiger partial charge in [-0.05, 0) is 53.2 Å². The molecule has 2 nitrogen and oxygen atoms in total. The Labute approximate surface area is 131 Å². The van der Waals surface area contributed by atoms with Crippen LogP contribution in [-0.2, 0) is 11.2 Å². The molecule has 21 heavy (non-hydrogen) atoms. The van der Waals surface area contributed by atoms with Crippen molar-refractivity contribution in [3.63, 3.8) is 0 Å². The first-order chi connectivity index (χ1) is 9.89. The van der Waals surface area contributed by atoms with Gasteiger partial charge in [-0.2, -0.15) is 0 Å². The summed E-state index contributed by atoms with van der Waals surface area (Å²) in [6.07, 6.45) is 3.57. The molecule has 2 unspecified atom stereocenters. The van der Waals surface area contributed by atoms with Crippen molar-refractivity contribution in [1.82, 2.24) is 0 Å². The van der Waals surface area contributed by atoms with Gasteiger partial charge in [0.25, 0.3) is 0 Å². The molecule has 1 aromatic rings. The molecule has 0 aromatic heterocycles. The number of halogens is 3. The maximum absolute atomic E-state index is 14.2. The van der Waals surface area contributed by atoms with E-state index in [9.17, 15) is 18.7 Å². The third kappa shape index (κ3) is 3.28. The second-order valence-electron chi connectivity index (χ2n) is 5.95. The van der Waals surface area contributed by atoms with Gasteiger partial charge in [-0.1, -0.05) is 26.2 Å². The quantitative estimate of drug-likeness (QED) is 0.772. The van der Waals surface area contributed by atoms with E-state index in [0.29, 0.717) is 18.8 Å². The van der Waals surface area contributed by atoms with E-state index in [-0.39, 0.29) is 16.5 Å². The smallest absolute Gasteiger partial charge is 0.309 e. The summed E-state index contributed by atoms with van der Waals surface area (Å²) < 4.78 is 28.3. The number of benzene rings is 1. The van der Waals surface area contributed by atoms with E-state index in [0.717, 1.165) is 19.3 Å². The first kappa shape index (κ1) is 16.4. The first-order valence-electron chi connectivity index (χ1n) is 7.25. The number of aliphatic carboxylic acids is 1. The van der Waals surface area contributed by atoms with Crippen LogP contribution < -0.4 is 0 Å². The van der Waals surface area contributed by atoms with Crippen molar-refractivity contribution < 1.29 is 18.7 Å². The summed E-state index contributed by atoms with van der Waals surface area (Å²) in [6.45, 7) is 2.03. The van der Waals surface area contributed by atoms with E-state index < -0.39 is 23.0 Å². The van der Waals surface area contributed by atoms with Crippen LogP contribution in [0.25, 0.3) is 0 Å². The summed E-state index contributed by atoms with van der Waals surface area (Å²) >= 11 is 3.04. The van der Waals surface area contributed by atoms with Crippen molar-refractivity contribution in [2.24, 2.45) is 11.3 Å². The van der Waals surface area contributed by atoms with E-state index in [1.165, 1.54) is 12.1 Å². The van der Waals surface area contributed by atoms with Crippen LogP contribution in [0.4, 0.5) is 8.78 Å². The molecule has 0 radical (unpaired) electrons. The van der Waals surface area contributed by atoms with E-state index in [4.69, 9.17) is 0 Å². The number of carboxylic acids is 1. The molecule has 1 aliphatic rings. The summed E-state index contributed by atoms with van der Waals surface area (Å²) in [5, 5.41) is 9.66.